The van der Waals surface area contributed by atoms with E-state index in [1.54, 1.807) is 0 Å². The Kier molecular flexibility index (Phi) is 5.67. The van der Waals surface area contributed by atoms with E-state index in [4.69, 9.17) is 16.3 Å². The maximum Gasteiger partial charge on any atom is 0.407 e. The lowest BCUT2D eigenvalue weighted by atomic mass is 10.2. The van der Waals surface area contributed by atoms with Crippen LogP contribution in [-0.2, 0) is 17.9 Å². The lowest BCUT2D eigenvalue weighted by Crippen LogP contribution is -2.23. The minimum absolute atomic E-state index is 0.264. The number of hydrogen-bond acceptors (Lipinski definition) is 2. The number of benzene rings is 2. The number of nitrogens with one attached hydrogen (secondary N) is 1. The molecule has 0 spiro atoms. The van der Waals surface area contributed by atoms with Crippen LogP contribution in [0.15, 0.2) is 48.5 Å². The minimum Gasteiger partial charge on any atom is -0.445 e. The number of rotatable bonds is 4. The second-order valence-corrected chi connectivity index (χ2v) is 5.88. The van der Waals surface area contributed by atoms with Gasteiger partial charge in [0.1, 0.15) is 6.61 Å². The molecule has 3 nitrogen and oxygen atoms in total. The predicted molar refractivity (Wildman–Crippen MR) is 87.6 cm³/mol. The van der Waals surface area contributed by atoms with E-state index in [2.05, 4.69) is 27.9 Å². The maximum atomic E-state index is 11.6. The van der Waals surface area contributed by atoms with Gasteiger partial charge < -0.3 is 10.1 Å². The van der Waals surface area contributed by atoms with Crippen LogP contribution >= 0.6 is 34.2 Å². The van der Waals surface area contributed by atoms with Crippen LogP contribution in [0.4, 0.5) is 4.79 Å². The van der Waals surface area contributed by atoms with Crippen LogP contribution in [0.5, 0.6) is 0 Å². The largest absolute Gasteiger partial charge is 0.445 e. The number of carbonyl (C=O) groups is 1. The van der Waals surface area contributed by atoms with Crippen molar-refractivity contribution >= 4 is 40.3 Å². The van der Waals surface area contributed by atoms with Crippen molar-refractivity contribution in [3.8, 4) is 0 Å². The van der Waals surface area contributed by atoms with Crippen LogP contribution in [0, 0.1) is 3.57 Å². The number of alkyl carbamates (subject to hydrolysis) is 1. The Balaban J connectivity index is 1.80. The van der Waals surface area contributed by atoms with Gasteiger partial charge in [-0.2, -0.15) is 0 Å². The van der Waals surface area contributed by atoms with E-state index >= 15 is 0 Å². The van der Waals surface area contributed by atoms with Gasteiger partial charge in [-0.25, -0.2) is 4.79 Å². The topological polar surface area (TPSA) is 38.3 Å². The highest BCUT2D eigenvalue weighted by Gasteiger charge is 2.04. The summed E-state index contributed by atoms with van der Waals surface area (Å²) in [5, 5.41) is 3.36. The number of carbonyl (C=O) groups excluding carboxylic acids is 1. The van der Waals surface area contributed by atoms with Gasteiger partial charge in [0.15, 0.2) is 0 Å². The summed E-state index contributed by atoms with van der Waals surface area (Å²) in [4.78, 5) is 11.6. The van der Waals surface area contributed by atoms with Gasteiger partial charge in [-0.3, -0.25) is 0 Å². The van der Waals surface area contributed by atoms with E-state index in [0.29, 0.717) is 11.6 Å². The summed E-state index contributed by atoms with van der Waals surface area (Å²) >= 11 is 8.14. The van der Waals surface area contributed by atoms with E-state index in [9.17, 15) is 4.79 Å². The summed E-state index contributed by atoms with van der Waals surface area (Å²) in [7, 11) is 0. The average Bonchev–Trinajstić information content (AvgIpc) is 2.43. The van der Waals surface area contributed by atoms with E-state index in [1.807, 2.05) is 48.5 Å². The molecule has 0 aliphatic rings. The molecule has 1 N–H and O–H groups in total. The molecule has 0 unspecified atom stereocenters. The third-order valence-electron chi connectivity index (χ3n) is 2.57. The van der Waals surface area contributed by atoms with Gasteiger partial charge >= 0.3 is 6.09 Å². The van der Waals surface area contributed by atoms with Crippen LogP contribution in [0.3, 0.4) is 0 Å². The lowest BCUT2D eigenvalue weighted by Gasteiger charge is -2.08. The Hall–Kier alpha value is -1.27. The summed E-state index contributed by atoms with van der Waals surface area (Å²) in [6.07, 6.45) is -0.441. The standard InChI is InChI=1S/C15H13ClINO2/c16-13-6-12(7-14(17)8-13)9-18-15(19)20-10-11-4-2-1-3-5-11/h1-8H,9-10H2,(H,18,19). The minimum atomic E-state index is -0.441. The van der Waals surface area contributed by atoms with Gasteiger partial charge in [0.25, 0.3) is 0 Å². The van der Waals surface area contributed by atoms with Crippen LogP contribution in [0.25, 0.3) is 0 Å². The molecule has 0 aliphatic carbocycles. The SMILES string of the molecule is O=C(NCc1cc(Cl)cc(I)c1)OCc1ccccc1. The fraction of sp³-hybridized carbons (Fsp3) is 0.133. The fourth-order valence-electron chi connectivity index (χ4n) is 1.66. The van der Waals surface area contributed by atoms with Crippen LogP contribution < -0.4 is 5.32 Å². The zero-order valence-electron chi connectivity index (χ0n) is 10.6. The van der Waals surface area contributed by atoms with Crippen molar-refractivity contribution in [1.82, 2.24) is 5.32 Å². The first-order chi connectivity index (χ1) is 9.63. The van der Waals surface area contributed by atoms with Crippen molar-refractivity contribution in [2.75, 3.05) is 0 Å². The first kappa shape index (κ1) is 15.1. The van der Waals surface area contributed by atoms with Crippen molar-refractivity contribution in [3.05, 3.63) is 68.3 Å². The molecule has 0 saturated carbocycles. The van der Waals surface area contributed by atoms with E-state index in [-0.39, 0.29) is 6.61 Å². The van der Waals surface area contributed by atoms with Gasteiger partial charge in [-0.05, 0) is 51.9 Å². The summed E-state index contributed by atoms with van der Waals surface area (Å²) in [5.41, 5.74) is 1.90. The molecule has 2 rings (SSSR count). The average molecular weight is 402 g/mol. The first-order valence-electron chi connectivity index (χ1n) is 6.03. The van der Waals surface area contributed by atoms with Gasteiger partial charge in [0, 0.05) is 15.1 Å². The summed E-state index contributed by atoms with van der Waals surface area (Å²) in [5.74, 6) is 0. The van der Waals surface area contributed by atoms with Crippen molar-refractivity contribution < 1.29 is 9.53 Å². The summed E-state index contributed by atoms with van der Waals surface area (Å²) < 4.78 is 6.16. The van der Waals surface area contributed by atoms with Gasteiger partial charge in [-0.15, -0.1) is 0 Å². The highest BCUT2D eigenvalue weighted by atomic mass is 127. The van der Waals surface area contributed by atoms with Crippen LogP contribution in [0.1, 0.15) is 11.1 Å². The molecular formula is C15H13ClINO2. The third kappa shape index (κ3) is 5.02. The van der Waals surface area contributed by atoms with Gasteiger partial charge in [0.05, 0.1) is 0 Å². The second kappa shape index (κ2) is 7.50. The molecule has 0 fully saturated rings. The van der Waals surface area contributed by atoms with Gasteiger partial charge in [-0.1, -0.05) is 41.9 Å². The molecule has 0 aliphatic heterocycles. The molecule has 20 heavy (non-hydrogen) atoms. The predicted octanol–water partition coefficient (Wildman–Crippen LogP) is 4.37. The Morgan fingerprint density at radius 2 is 1.90 bits per heavy atom. The van der Waals surface area contributed by atoms with Crippen molar-refractivity contribution in [2.45, 2.75) is 13.2 Å². The van der Waals surface area contributed by atoms with E-state index in [1.165, 1.54) is 0 Å². The number of halogens is 2. The molecule has 104 valence electrons. The third-order valence-corrected chi connectivity index (χ3v) is 3.41. The van der Waals surface area contributed by atoms with Crippen molar-refractivity contribution in [2.24, 2.45) is 0 Å². The molecule has 1 amide bonds. The number of ether oxygens (including phenoxy) is 1. The monoisotopic (exact) mass is 401 g/mol. The van der Waals surface area contributed by atoms with E-state index < -0.39 is 6.09 Å². The molecule has 0 atom stereocenters. The number of amides is 1. The Morgan fingerprint density at radius 3 is 2.60 bits per heavy atom. The highest BCUT2D eigenvalue weighted by Crippen LogP contribution is 2.16. The molecule has 0 aromatic heterocycles. The Morgan fingerprint density at radius 1 is 1.15 bits per heavy atom. The molecule has 0 bridgehead atoms. The molecular weight excluding hydrogens is 389 g/mol. The molecule has 2 aromatic rings. The highest BCUT2D eigenvalue weighted by molar-refractivity contribution is 14.1. The quantitative estimate of drug-likeness (QED) is 0.773. The zero-order valence-corrected chi connectivity index (χ0v) is 13.5. The Labute approximate surface area is 136 Å². The maximum absolute atomic E-state index is 11.6. The Bertz CT molecular complexity index is 569. The smallest absolute Gasteiger partial charge is 0.407 e. The molecule has 0 heterocycles. The molecule has 0 saturated heterocycles. The van der Waals surface area contributed by atoms with Crippen molar-refractivity contribution in [3.63, 3.8) is 0 Å². The van der Waals surface area contributed by atoms with E-state index in [0.717, 1.165) is 14.7 Å². The van der Waals surface area contributed by atoms with Crippen LogP contribution in [0.2, 0.25) is 5.02 Å². The first-order valence-corrected chi connectivity index (χ1v) is 7.48. The molecule has 2 aromatic carbocycles. The summed E-state index contributed by atoms with van der Waals surface area (Å²) in [6.45, 7) is 0.657. The fourth-order valence-corrected chi connectivity index (χ4v) is 2.84. The lowest BCUT2D eigenvalue weighted by molar-refractivity contribution is 0.139. The molecule has 0 radical (unpaired) electrons. The van der Waals surface area contributed by atoms with Crippen molar-refractivity contribution in [1.29, 1.82) is 0 Å². The molecule has 5 heteroatoms. The normalized spacial score (nSPS) is 10.1. The van der Waals surface area contributed by atoms with Crippen LogP contribution in [-0.4, -0.2) is 6.09 Å². The van der Waals surface area contributed by atoms with Gasteiger partial charge in [0.2, 0.25) is 0 Å². The summed E-state index contributed by atoms with van der Waals surface area (Å²) in [6, 6.07) is 15.2. The number of hydrogen-bond donors (Lipinski definition) is 1. The second-order valence-electron chi connectivity index (χ2n) is 4.19. The zero-order chi connectivity index (χ0) is 14.4.